The summed E-state index contributed by atoms with van der Waals surface area (Å²) in [6.07, 6.45) is 4.93. The van der Waals surface area contributed by atoms with Crippen LogP contribution < -0.4 is 5.32 Å². The fourth-order valence-corrected chi connectivity index (χ4v) is 3.58. The molecule has 2 fully saturated rings. The van der Waals surface area contributed by atoms with Crippen LogP contribution in [0, 0.1) is 6.92 Å². The van der Waals surface area contributed by atoms with Crippen LogP contribution in [0.1, 0.15) is 41.6 Å². The first-order valence-electron chi connectivity index (χ1n) is 7.49. The molecule has 1 aromatic rings. The third kappa shape index (κ3) is 2.52. The molecular weight excluding hydrogens is 252 g/mol. The first kappa shape index (κ1) is 13.4. The van der Waals surface area contributed by atoms with Gasteiger partial charge >= 0.3 is 5.97 Å². The molecule has 0 spiro atoms. The fourth-order valence-electron chi connectivity index (χ4n) is 3.58. The molecular formula is C16H22N2O2. The maximum Gasteiger partial charge on any atom is 0.337 e. The first-order chi connectivity index (χ1) is 9.65. The van der Waals surface area contributed by atoms with Gasteiger partial charge in [-0.05, 0) is 50.4 Å². The molecule has 0 aromatic heterocycles. The number of carboxylic acid groups (broad SMARTS) is 1. The maximum atomic E-state index is 11.3. The van der Waals surface area contributed by atoms with Crippen molar-refractivity contribution in [3.05, 3.63) is 29.3 Å². The van der Waals surface area contributed by atoms with Crippen LogP contribution in [0.3, 0.4) is 0 Å². The zero-order valence-electron chi connectivity index (χ0n) is 11.9. The van der Waals surface area contributed by atoms with Gasteiger partial charge in [-0.3, -0.25) is 4.90 Å². The van der Waals surface area contributed by atoms with E-state index in [1.54, 1.807) is 6.07 Å². The lowest BCUT2D eigenvalue weighted by Gasteiger charge is -2.33. The zero-order valence-corrected chi connectivity index (χ0v) is 11.9. The van der Waals surface area contributed by atoms with Crippen LogP contribution in [-0.2, 0) is 0 Å². The number of carbonyl (C=O) groups is 1. The molecule has 0 radical (unpaired) electrons. The van der Waals surface area contributed by atoms with Gasteiger partial charge in [-0.25, -0.2) is 4.79 Å². The number of nitrogens with one attached hydrogen (secondary N) is 1. The van der Waals surface area contributed by atoms with Gasteiger partial charge < -0.3 is 10.4 Å². The minimum Gasteiger partial charge on any atom is -0.478 e. The summed E-state index contributed by atoms with van der Waals surface area (Å²) in [6, 6.07) is 6.47. The lowest BCUT2D eigenvalue weighted by Crippen LogP contribution is -2.41. The Hall–Kier alpha value is -1.55. The van der Waals surface area contributed by atoms with Gasteiger partial charge in [0, 0.05) is 24.3 Å². The lowest BCUT2D eigenvalue weighted by molar-refractivity contribution is 0.0698. The quantitative estimate of drug-likeness (QED) is 0.890. The van der Waals surface area contributed by atoms with Gasteiger partial charge in [0.15, 0.2) is 0 Å². The normalized spacial score (nSPS) is 26.2. The third-order valence-corrected chi connectivity index (χ3v) is 4.60. The van der Waals surface area contributed by atoms with E-state index in [-0.39, 0.29) is 0 Å². The molecule has 0 bridgehead atoms. The molecule has 0 saturated carbocycles. The fraction of sp³-hybridized carbons (Fsp3) is 0.562. The van der Waals surface area contributed by atoms with Gasteiger partial charge in [0.05, 0.1) is 5.56 Å². The molecule has 0 amide bonds. The van der Waals surface area contributed by atoms with Crippen LogP contribution in [0.15, 0.2) is 18.2 Å². The molecule has 0 aliphatic carbocycles. The van der Waals surface area contributed by atoms with Gasteiger partial charge in [-0.15, -0.1) is 0 Å². The third-order valence-electron chi connectivity index (χ3n) is 4.60. The van der Waals surface area contributed by atoms with E-state index in [0.717, 1.165) is 24.2 Å². The summed E-state index contributed by atoms with van der Waals surface area (Å²) in [7, 11) is 0. The Labute approximate surface area is 119 Å². The number of rotatable bonds is 3. The van der Waals surface area contributed by atoms with Crippen molar-refractivity contribution >= 4 is 11.7 Å². The van der Waals surface area contributed by atoms with E-state index < -0.39 is 5.97 Å². The molecule has 108 valence electrons. The molecule has 2 aliphatic rings. The minimum absolute atomic E-state index is 0.379. The number of hydrogen-bond acceptors (Lipinski definition) is 3. The Morgan fingerprint density at radius 3 is 2.95 bits per heavy atom. The molecule has 2 saturated heterocycles. The number of fused-ring (bicyclic) bond motifs is 1. The zero-order chi connectivity index (χ0) is 14.1. The SMILES string of the molecule is Cc1ccc(C(=O)O)c(NC2CCN3CCCCC23)c1. The van der Waals surface area contributed by atoms with E-state index in [1.807, 2.05) is 19.1 Å². The van der Waals surface area contributed by atoms with Gasteiger partial charge in [-0.1, -0.05) is 12.5 Å². The van der Waals surface area contributed by atoms with Crippen LogP contribution in [-0.4, -0.2) is 41.1 Å². The number of hydrogen-bond donors (Lipinski definition) is 2. The van der Waals surface area contributed by atoms with E-state index in [0.29, 0.717) is 17.6 Å². The molecule has 4 nitrogen and oxygen atoms in total. The van der Waals surface area contributed by atoms with E-state index in [9.17, 15) is 9.90 Å². The average Bonchev–Trinajstić information content (AvgIpc) is 2.82. The summed E-state index contributed by atoms with van der Waals surface area (Å²) >= 11 is 0. The van der Waals surface area contributed by atoms with Crippen molar-refractivity contribution in [3.8, 4) is 0 Å². The summed E-state index contributed by atoms with van der Waals surface area (Å²) in [5.74, 6) is -0.856. The Balaban J connectivity index is 1.80. The number of benzene rings is 1. The predicted octanol–water partition coefficient (Wildman–Crippen LogP) is 2.73. The van der Waals surface area contributed by atoms with Crippen molar-refractivity contribution in [2.75, 3.05) is 18.4 Å². The smallest absolute Gasteiger partial charge is 0.337 e. The summed E-state index contributed by atoms with van der Waals surface area (Å²) in [4.78, 5) is 13.9. The Morgan fingerprint density at radius 2 is 2.15 bits per heavy atom. The van der Waals surface area contributed by atoms with Crippen molar-refractivity contribution in [2.24, 2.45) is 0 Å². The Kier molecular flexibility index (Phi) is 3.66. The molecule has 2 heterocycles. The number of nitrogens with zero attached hydrogens (tertiary/aromatic N) is 1. The van der Waals surface area contributed by atoms with Crippen LogP contribution >= 0.6 is 0 Å². The number of piperidine rings is 1. The lowest BCUT2D eigenvalue weighted by atomic mass is 9.98. The topological polar surface area (TPSA) is 52.6 Å². The summed E-state index contributed by atoms with van der Waals surface area (Å²) < 4.78 is 0. The molecule has 4 heteroatoms. The molecule has 1 aromatic carbocycles. The second-order valence-corrected chi connectivity index (χ2v) is 5.99. The van der Waals surface area contributed by atoms with Crippen molar-refractivity contribution < 1.29 is 9.90 Å². The maximum absolute atomic E-state index is 11.3. The predicted molar refractivity (Wildman–Crippen MR) is 79.4 cm³/mol. The van der Waals surface area contributed by atoms with Crippen LogP contribution in [0.5, 0.6) is 0 Å². The first-order valence-corrected chi connectivity index (χ1v) is 7.49. The van der Waals surface area contributed by atoms with Gasteiger partial charge in [0.2, 0.25) is 0 Å². The van der Waals surface area contributed by atoms with E-state index in [1.165, 1.54) is 25.8 Å². The van der Waals surface area contributed by atoms with Crippen molar-refractivity contribution in [2.45, 2.75) is 44.7 Å². The van der Waals surface area contributed by atoms with Crippen LogP contribution in [0.4, 0.5) is 5.69 Å². The standard InChI is InChI=1S/C16H22N2O2/c1-11-5-6-12(16(19)20)14(10-11)17-13-7-9-18-8-3-2-4-15(13)18/h5-6,10,13,15,17H,2-4,7-9H2,1H3,(H,19,20). The molecule has 20 heavy (non-hydrogen) atoms. The van der Waals surface area contributed by atoms with E-state index >= 15 is 0 Å². The van der Waals surface area contributed by atoms with Gasteiger partial charge in [0.1, 0.15) is 0 Å². The molecule has 2 aliphatic heterocycles. The van der Waals surface area contributed by atoms with Crippen LogP contribution in [0.2, 0.25) is 0 Å². The second-order valence-electron chi connectivity index (χ2n) is 5.99. The number of carboxylic acids is 1. The largest absolute Gasteiger partial charge is 0.478 e. The summed E-state index contributed by atoms with van der Waals surface area (Å²) in [5.41, 5.74) is 2.25. The highest BCUT2D eigenvalue weighted by Crippen LogP contribution is 2.30. The monoisotopic (exact) mass is 274 g/mol. The number of aromatic carboxylic acids is 1. The summed E-state index contributed by atoms with van der Waals surface area (Å²) in [5, 5.41) is 12.8. The van der Waals surface area contributed by atoms with Gasteiger partial charge in [-0.2, -0.15) is 0 Å². The molecule has 2 unspecified atom stereocenters. The minimum atomic E-state index is -0.856. The van der Waals surface area contributed by atoms with E-state index in [2.05, 4.69) is 10.2 Å². The van der Waals surface area contributed by atoms with Crippen molar-refractivity contribution in [3.63, 3.8) is 0 Å². The Bertz CT molecular complexity index is 515. The number of aryl methyl sites for hydroxylation is 1. The highest BCUT2D eigenvalue weighted by molar-refractivity contribution is 5.94. The van der Waals surface area contributed by atoms with E-state index in [4.69, 9.17) is 0 Å². The molecule has 2 atom stereocenters. The van der Waals surface area contributed by atoms with Crippen LogP contribution in [0.25, 0.3) is 0 Å². The highest BCUT2D eigenvalue weighted by Gasteiger charge is 2.35. The molecule has 3 rings (SSSR count). The highest BCUT2D eigenvalue weighted by atomic mass is 16.4. The number of anilines is 1. The second kappa shape index (κ2) is 5.44. The summed E-state index contributed by atoms with van der Waals surface area (Å²) in [6.45, 7) is 4.33. The Morgan fingerprint density at radius 1 is 1.30 bits per heavy atom. The van der Waals surface area contributed by atoms with Crippen molar-refractivity contribution in [1.82, 2.24) is 4.90 Å². The van der Waals surface area contributed by atoms with Crippen molar-refractivity contribution in [1.29, 1.82) is 0 Å². The molecule has 2 N–H and O–H groups in total. The van der Waals surface area contributed by atoms with Gasteiger partial charge in [0.25, 0.3) is 0 Å². The average molecular weight is 274 g/mol.